The van der Waals surface area contributed by atoms with Gasteiger partial charge in [-0.2, -0.15) is 5.10 Å². The third-order valence-electron chi connectivity index (χ3n) is 6.15. The number of aryl methyl sites for hydroxylation is 2. The number of aromatic nitrogens is 3. The predicted octanol–water partition coefficient (Wildman–Crippen LogP) is 3.26. The number of carbonyl (C=O) groups excluding carboxylic acids is 1. The van der Waals surface area contributed by atoms with E-state index < -0.39 is 0 Å². The lowest BCUT2D eigenvalue weighted by molar-refractivity contribution is 0.0951. The molecule has 1 saturated heterocycles. The summed E-state index contributed by atoms with van der Waals surface area (Å²) in [6, 6.07) is 3.97. The Morgan fingerprint density at radius 1 is 1.19 bits per heavy atom. The van der Waals surface area contributed by atoms with Crippen LogP contribution < -0.4 is 5.32 Å². The second kappa shape index (κ2) is 9.42. The van der Waals surface area contributed by atoms with Gasteiger partial charge in [0.2, 0.25) is 0 Å². The summed E-state index contributed by atoms with van der Waals surface area (Å²) in [5.41, 5.74) is 2.97. The van der Waals surface area contributed by atoms with Crippen LogP contribution in [0.15, 0.2) is 22.7 Å². The summed E-state index contributed by atoms with van der Waals surface area (Å²) in [5.74, 6) is 1.54. The standard InChI is InChI=1S/C24H34N6O2/c1-16(2)30-23-21(15-26-30)20(14-22(27-23)19-13-17(3)32-18(19)4)24(31)25-7-6-8-29-11-9-28(5)10-12-29/h13-16H,6-12H2,1-5H3,(H,25,31). The number of rotatable bonds is 7. The van der Waals surface area contributed by atoms with E-state index in [-0.39, 0.29) is 11.9 Å². The van der Waals surface area contributed by atoms with Crippen LogP contribution in [0.1, 0.15) is 48.2 Å². The highest BCUT2D eigenvalue weighted by Crippen LogP contribution is 2.30. The molecule has 4 heterocycles. The van der Waals surface area contributed by atoms with E-state index in [2.05, 4.69) is 41.1 Å². The molecule has 8 nitrogen and oxygen atoms in total. The van der Waals surface area contributed by atoms with Crippen molar-refractivity contribution in [2.45, 2.75) is 40.2 Å². The molecule has 32 heavy (non-hydrogen) atoms. The van der Waals surface area contributed by atoms with Gasteiger partial charge in [-0.15, -0.1) is 0 Å². The van der Waals surface area contributed by atoms with Crippen molar-refractivity contribution in [2.75, 3.05) is 46.3 Å². The van der Waals surface area contributed by atoms with Crippen LogP contribution in [-0.4, -0.2) is 76.8 Å². The maximum absolute atomic E-state index is 13.2. The van der Waals surface area contributed by atoms with Crippen molar-refractivity contribution in [1.82, 2.24) is 29.9 Å². The van der Waals surface area contributed by atoms with Crippen molar-refractivity contribution in [3.8, 4) is 11.3 Å². The molecule has 1 amide bonds. The Morgan fingerprint density at radius 3 is 2.59 bits per heavy atom. The fourth-order valence-electron chi connectivity index (χ4n) is 4.28. The Hall–Kier alpha value is -2.71. The zero-order valence-corrected chi connectivity index (χ0v) is 19.8. The van der Waals surface area contributed by atoms with Gasteiger partial charge in [-0.1, -0.05) is 0 Å². The number of fused-ring (bicyclic) bond motifs is 1. The Kier molecular flexibility index (Phi) is 6.62. The molecule has 1 aliphatic heterocycles. The number of furan rings is 1. The monoisotopic (exact) mass is 438 g/mol. The molecule has 0 radical (unpaired) electrons. The van der Waals surface area contributed by atoms with E-state index in [0.29, 0.717) is 12.1 Å². The van der Waals surface area contributed by atoms with Gasteiger partial charge < -0.3 is 19.5 Å². The molecule has 4 rings (SSSR count). The summed E-state index contributed by atoms with van der Waals surface area (Å²) in [6.45, 7) is 14.0. The number of hydrogen-bond acceptors (Lipinski definition) is 6. The molecule has 0 saturated carbocycles. The van der Waals surface area contributed by atoms with Gasteiger partial charge in [0.1, 0.15) is 11.5 Å². The zero-order valence-electron chi connectivity index (χ0n) is 19.8. The van der Waals surface area contributed by atoms with Gasteiger partial charge in [-0.3, -0.25) is 4.79 Å². The largest absolute Gasteiger partial charge is 0.466 e. The van der Waals surface area contributed by atoms with Crippen molar-refractivity contribution >= 4 is 16.9 Å². The van der Waals surface area contributed by atoms with Crippen molar-refractivity contribution in [3.05, 3.63) is 35.4 Å². The Labute approximate surface area is 189 Å². The first-order valence-corrected chi connectivity index (χ1v) is 11.5. The zero-order chi connectivity index (χ0) is 22.8. The first kappa shape index (κ1) is 22.5. The van der Waals surface area contributed by atoms with E-state index in [0.717, 1.165) is 73.0 Å². The van der Waals surface area contributed by atoms with Gasteiger partial charge >= 0.3 is 0 Å². The minimum atomic E-state index is -0.0850. The number of likely N-dealkylation sites (N-methyl/N-ethyl adjacent to an activating group) is 1. The van der Waals surface area contributed by atoms with Gasteiger partial charge in [0.05, 0.1) is 22.8 Å². The summed E-state index contributed by atoms with van der Waals surface area (Å²) < 4.78 is 7.58. The molecular weight excluding hydrogens is 404 g/mol. The van der Waals surface area contributed by atoms with E-state index in [4.69, 9.17) is 9.40 Å². The van der Waals surface area contributed by atoms with Crippen molar-refractivity contribution < 1.29 is 9.21 Å². The molecule has 8 heteroatoms. The Bertz CT molecular complexity index is 1090. The lowest BCUT2D eigenvalue weighted by atomic mass is 10.1. The van der Waals surface area contributed by atoms with Crippen LogP contribution in [0.5, 0.6) is 0 Å². The number of nitrogens with one attached hydrogen (secondary N) is 1. The molecule has 3 aromatic heterocycles. The van der Waals surface area contributed by atoms with Crippen LogP contribution in [-0.2, 0) is 0 Å². The highest BCUT2D eigenvalue weighted by molar-refractivity contribution is 6.06. The summed E-state index contributed by atoms with van der Waals surface area (Å²) in [4.78, 5) is 22.9. The molecule has 0 bridgehead atoms. The molecule has 1 fully saturated rings. The molecule has 0 aromatic carbocycles. The van der Waals surface area contributed by atoms with E-state index in [1.54, 1.807) is 6.20 Å². The topological polar surface area (TPSA) is 79.4 Å². The van der Waals surface area contributed by atoms with Gasteiger partial charge in [-0.25, -0.2) is 9.67 Å². The van der Waals surface area contributed by atoms with Crippen molar-refractivity contribution in [2.24, 2.45) is 0 Å². The molecule has 0 aliphatic carbocycles. The minimum Gasteiger partial charge on any atom is -0.466 e. The van der Waals surface area contributed by atoms with Crippen LogP contribution in [0.4, 0.5) is 0 Å². The summed E-state index contributed by atoms with van der Waals surface area (Å²) in [6.07, 6.45) is 2.68. The van der Waals surface area contributed by atoms with Crippen molar-refractivity contribution in [3.63, 3.8) is 0 Å². The molecule has 1 N–H and O–H groups in total. The first-order chi connectivity index (χ1) is 15.3. The quantitative estimate of drug-likeness (QED) is 0.571. The fourth-order valence-corrected chi connectivity index (χ4v) is 4.28. The Morgan fingerprint density at radius 2 is 1.94 bits per heavy atom. The lowest BCUT2D eigenvalue weighted by Gasteiger charge is -2.32. The average molecular weight is 439 g/mol. The number of hydrogen-bond donors (Lipinski definition) is 1. The SMILES string of the molecule is Cc1cc(-c2cc(C(=O)NCCCN3CCN(C)CC3)c3cnn(C(C)C)c3n2)c(C)o1. The van der Waals surface area contributed by atoms with E-state index in [1.165, 1.54) is 0 Å². The fraction of sp³-hybridized carbons (Fsp3) is 0.542. The maximum atomic E-state index is 13.2. The minimum absolute atomic E-state index is 0.0850. The van der Waals surface area contributed by atoms with Crippen LogP contribution in [0.2, 0.25) is 0 Å². The van der Waals surface area contributed by atoms with Crippen LogP contribution in [0.25, 0.3) is 22.3 Å². The van der Waals surface area contributed by atoms with E-state index in [9.17, 15) is 4.79 Å². The maximum Gasteiger partial charge on any atom is 0.252 e. The summed E-state index contributed by atoms with van der Waals surface area (Å²) >= 11 is 0. The smallest absolute Gasteiger partial charge is 0.252 e. The van der Waals surface area contributed by atoms with Gasteiger partial charge in [-0.05, 0) is 59.8 Å². The Balaban J connectivity index is 1.54. The lowest BCUT2D eigenvalue weighted by Crippen LogP contribution is -2.45. The second-order valence-corrected chi connectivity index (χ2v) is 9.06. The molecular formula is C24H34N6O2. The number of nitrogens with zero attached hydrogens (tertiary/aromatic N) is 5. The number of amides is 1. The van der Waals surface area contributed by atoms with Crippen molar-refractivity contribution in [1.29, 1.82) is 0 Å². The highest BCUT2D eigenvalue weighted by Gasteiger charge is 2.20. The van der Waals surface area contributed by atoms with Gasteiger partial charge in [0.15, 0.2) is 5.65 Å². The first-order valence-electron chi connectivity index (χ1n) is 11.5. The van der Waals surface area contributed by atoms with Crippen LogP contribution >= 0.6 is 0 Å². The number of carbonyl (C=O) groups is 1. The molecule has 0 spiro atoms. The third-order valence-corrected chi connectivity index (χ3v) is 6.15. The molecule has 172 valence electrons. The molecule has 0 atom stereocenters. The molecule has 3 aromatic rings. The summed E-state index contributed by atoms with van der Waals surface area (Å²) in [7, 11) is 2.16. The van der Waals surface area contributed by atoms with E-state index in [1.807, 2.05) is 30.7 Å². The second-order valence-electron chi connectivity index (χ2n) is 9.06. The number of pyridine rings is 1. The molecule has 0 unspecified atom stereocenters. The third kappa shape index (κ3) is 4.71. The van der Waals surface area contributed by atoms with Crippen LogP contribution in [0, 0.1) is 13.8 Å². The normalized spacial score (nSPS) is 15.7. The summed E-state index contributed by atoms with van der Waals surface area (Å²) in [5, 5.41) is 8.39. The predicted molar refractivity (Wildman–Crippen MR) is 126 cm³/mol. The van der Waals surface area contributed by atoms with E-state index >= 15 is 0 Å². The van der Waals surface area contributed by atoms with Gasteiger partial charge in [0, 0.05) is 44.3 Å². The van der Waals surface area contributed by atoms with Crippen LogP contribution in [0.3, 0.4) is 0 Å². The average Bonchev–Trinajstić information content (AvgIpc) is 3.34. The van der Waals surface area contributed by atoms with Gasteiger partial charge in [0.25, 0.3) is 5.91 Å². The molecule has 1 aliphatic rings. The highest BCUT2D eigenvalue weighted by atomic mass is 16.3. The number of piperazine rings is 1.